The van der Waals surface area contributed by atoms with E-state index in [1.165, 1.54) is 38.4 Å². The Morgan fingerprint density at radius 3 is 2.11 bits per heavy atom. The molecular formula is C60H79F3N12O11S. The van der Waals surface area contributed by atoms with Crippen molar-refractivity contribution >= 4 is 63.4 Å². The molecule has 0 spiro atoms. The van der Waals surface area contributed by atoms with Gasteiger partial charge in [0.05, 0.1) is 24.0 Å². The van der Waals surface area contributed by atoms with Crippen LogP contribution in [0.15, 0.2) is 91.1 Å². The topological polar surface area (TPSA) is 297 Å². The predicted molar refractivity (Wildman–Crippen MR) is 318 cm³/mol. The lowest BCUT2D eigenvalue weighted by atomic mass is 9.84. The van der Waals surface area contributed by atoms with Crippen LogP contribution < -0.4 is 32.3 Å². The number of carbonyl (C=O) groups is 8. The van der Waals surface area contributed by atoms with E-state index in [1.807, 2.05) is 51.1 Å². The van der Waals surface area contributed by atoms with Crippen LogP contribution in [0.1, 0.15) is 103 Å². The fourth-order valence-corrected chi connectivity index (χ4v) is 10.9. The van der Waals surface area contributed by atoms with Gasteiger partial charge in [0.2, 0.25) is 27.7 Å². The zero-order chi connectivity index (χ0) is 63.6. The Balaban J connectivity index is 1.11. The molecule has 0 radical (unpaired) electrons. The van der Waals surface area contributed by atoms with E-state index in [0.717, 1.165) is 34.9 Å². The summed E-state index contributed by atoms with van der Waals surface area (Å²) in [5, 5.41) is 13.2. The fraction of sp³-hybridized carbons (Fsp3) is 0.483. The van der Waals surface area contributed by atoms with Crippen LogP contribution in [0.3, 0.4) is 0 Å². The van der Waals surface area contributed by atoms with Crippen LogP contribution in [-0.2, 0) is 51.9 Å². The number of amides is 10. The van der Waals surface area contributed by atoms with Gasteiger partial charge in [-0.25, -0.2) is 41.0 Å². The minimum atomic E-state index is -3.57. The number of alkyl carbamates (subject to hydrolysis) is 1. The second-order valence-electron chi connectivity index (χ2n) is 22.9. The van der Waals surface area contributed by atoms with Gasteiger partial charge in [-0.05, 0) is 84.9 Å². The van der Waals surface area contributed by atoms with E-state index in [4.69, 9.17) is 15.5 Å². The number of anilines is 1. The third-order valence-corrected chi connectivity index (χ3v) is 16.0. The van der Waals surface area contributed by atoms with Crippen molar-refractivity contribution in [3.8, 4) is 11.3 Å². The maximum atomic E-state index is 15.4. The van der Waals surface area contributed by atoms with Gasteiger partial charge in [-0.15, -0.1) is 0 Å². The zero-order valence-electron chi connectivity index (χ0n) is 49.9. The standard InChI is InChI=1S/C60H79F3N12O11S/c1-39(2)52(70-49(76)17-11-8-12-28-74-50(77)24-25-51(74)78)56(80)69-47(16-13-27-65-57(64)81)55(79)66-43-21-18-41(19-22-43)38-86-58(82)67-44(35-61)26-29-75(59(83)71-30-32-73(33-31-71)87(6,84)85)53(60(3,4)5)54-68-48(45-34-42(62)20-23-46(45)63)37-72(54)36-40-14-9-7-10-15-40/h7,9-10,14-15,18-25,34,37,39,44,47,52-53H,8,11-13,16-17,26-33,35-36,38H2,1-6H3,(H,66,79)(H,67,82)(H,69,80)(H,70,76)(H3,64,65,81)/t44-,47-,52-,53-/m0/s1. The third-order valence-electron chi connectivity index (χ3n) is 14.7. The maximum Gasteiger partial charge on any atom is 0.407 e. The monoisotopic (exact) mass is 1230 g/mol. The first-order chi connectivity index (χ1) is 41.2. The number of alkyl halides is 1. The third kappa shape index (κ3) is 20.1. The highest BCUT2D eigenvalue weighted by atomic mass is 32.2. The zero-order valence-corrected chi connectivity index (χ0v) is 50.7. The van der Waals surface area contributed by atoms with Crippen molar-refractivity contribution in [2.45, 2.75) is 117 Å². The van der Waals surface area contributed by atoms with Crippen molar-refractivity contribution in [1.29, 1.82) is 0 Å². The van der Waals surface area contributed by atoms with E-state index in [1.54, 1.807) is 36.7 Å². The Morgan fingerprint density at radius 1 is 0.816 bits per heavy atom. The summed E-state index contributed by atoms with van der Waals surface area (Å²) in [4.78, 5) is 113. The molecule has 2 aliphatic rings. The molecular weight excluding hydrogens is 1150 g/mol. The molecule has 6 rings (SSSR count). The van der Waals surface area contributed by atoms with E-state index in [-0.39, 0.29) is 108 Å². The van der Waals surface area contributed by atoms with E-state index in [9.17, 15) is 51.2 Å². The first-order valence-corrected chi connectivity index (χ1v) is 30.7. The van der Waals surface area contributed by atoms with E-state index >= 15 is 8.78 Å². The van der Waals surface area contributed by atoms with E-state index in [0.29, 0.717) is 36.3 Å². The molecule has 4 aromatic rings. The average molecular weight is 1230 g/mol. The highest BCUT2D eigenvalue weighted by molar-refractivity contribution is 7.88. The van der Waals surface area contributed by atoms with Gasteiger partial charge in [0.1, 0.15) is 42.8 Å². The molecule has 1 aromatic heterocycles. The summed E-state index contributed by atoms with van der Waals surface area (Å²) in [5.74, 6) is -3.92. The first kappa shape index (κ1) is 67.8. The maximum absolute atomic E-state index is 15.4. The number of benzene rings is 3. The Bertz CT molecular complexity index is 3190. The summed E-state index contributed by atoms with van der Waals surface area (Å²) < 4.78 is 78.6. The second-order valence-corrected chi connectivity index (χ2v) is 24.9. The van der Waals surface area contributed by atoms with Gasteiger partial charge in [0.15, 0.2) is 0 Å². The number of piperazine rings is 1. The molecule has 1 saturated heterocycles. The number of nitrogens with one attached hydrogen (secondary N) is 5. The number of hydrogen-bond donors (Lipinski definition) is 6. The summed E-state index contributed by atoms with van der Waals surface area (Å²) in [5.41, 5.74) is 5.96. The van der Waals surface area contributed by atoms with Crippen LogP contribution in [0.5, 0.6) is 0 Å². The van der Waals surface area contributed by atoms with E-state index in [2.05, 4.69) is 26.6 Å². The van der Waals surface area contributed by atoms with Crippen LogP contribution in [0.2, 0.25) is 0 Å². The summed E-state index contributed by atoms with van der Waals surface area (Å²) in [6.45, 7) is 8.15. The predicted octanol–water partition coefficient (Wildman–Crippen LogP) is 6.12. The van der Waals surface area contributed by atoms with Gasteiger partial charge < -0.3 is 51.4 Å². The number of nitrogens with zero attached hydrogens (tertiary/aromatic N) is 6. The molecule has 10 amide bonds. The lowest BCUT2D eigenvalue weighted by Gasteiger charge is -2.44. The molecule has 1 fully saturated rings. The normalized spacial score (nSPS) is 15.1. The molecule has 3 aromatic carbocycles. The first-order valence-electron chi connectivity index (χ1n) is 28.8. The Hall–Kier alpha value is -8.33. The Kier molecular flexibility index (Phi) is 24.4. The fourth-order valence-electron chi connectivity index (χ4n) is 10.1. The number of imidazole rings is 1. The molecule has 0 aliphatic carbocycles. The van der Waals surface area contributed by atoms with Crippen molar-refractivity contribution in [2.75, 3.05) is 64.1 Å². The van der Waals surface area contributed by atoms with Gasteiger partial charge >= 0.3 is 18.2 Å². The Morgan fingerprint density at radius 2 is 1.49 bits per heavy atom. The Labute approximate surface area is 505 Å². The molecule has 3 heterocycles. The van der Waals surface area contributed by atoms with Gasteiger partial charge in [-0.3, -0.25) is 28.9 Å². The number of sulfonamides is 1. The summed E-state index contributed by atoms with van der Waals surface area (Å²) in [7, 11) is -3.57. The number of rotatable bonds is 29. The van der Waals surface area contributed by atoms with Crippen molar-refractivity contribution in [3.63, 3.8) is 0 Å². The molecule has 23 nitrogen and oxygen atoms in total. The van der Waals surface area contributed by atoms with Crippen LogP contribution in [0, 0.1) is 23.0 Å². The number of hydrogen-bond acceptors (Lipinski definition) is 12. The number of urea groups is 2. The average Bonchev–Trinajstić information content (AvgIpc) is 1.77. The largest absolute Gasteiger partial charge is 0.445 e. The van der Waals surface area contributed by atoms with Crippen molar-refractivity contribution in [1.82, 2.24) is 49.8 Å². The molecule has 7 N–H and O–H groups in total. The van der Waals surface area contributed by atoms with Crippen LogP contribution in [0.25, 0.3) is 11.3 Å². The van der Waals surface area contributed by atoms with Gasteiger partial charge in [0, 0.05) is 88.4 Å². The summed E-state index contributed by atoms with van der Waals surface area (Å²) in [6, 6.07) is 12.9. The highest BCUT2D eigenvalue weighted by Crippen LogP contribution is 2.40. The lowest BCUT2D eigenvalue weighted by Crippen LogP contribution is -2.56. The molecule has 2 aliphatic heterocycles. The number of aromatic nitrogens is 2. The molecule has 472 valence electrons. The number of halogens is 3. The molecule has 87 heavy (non-hydrogen) atoms. The molecule has 0 saturated carbocycles. The second kappa shape index (κ2) is 31.4. The smallest absolute Gasteiger partial charge is 0.407 e. The molecule has 4 atom stereocenters. The molecule has 0 unspecified atom stereocenters. The summed E-state index contributed by atoms with van der Waals surface area (Å²) in [6.07, 6.45) is 5.79. The lowest BCUT2D eigenvalue weighted by molar-refractivity contribution is -0.137. The number of imide groups is 1. The van der Waals surface area contributed by atoms with Gasteiger partial charge in [0.25, 0.3) is 11.8 Å². The van der Waals surface area contributed by atoms with E-state index < -0.39 is 99.7 Å². The minimum absolute atomic E-state index is 0.0181. The quantitative estimate of drug-likeness (QED) is 0.0265. The number of unbranched alkanes of at least 4 members (excludes halogenated alkanes) is 2. The van der Waals surface area contributed by atoms with Gasteiger partial charge in [-0.1, -0.05) is 83.5 Å². The van der Waals surface area contributed by atoms with Crippen molar-refractivity contribution in [2.24, 2.45) is 17.1 Å². The number of nitrogens with two attached hydrogens (primary N) is 1. The minimum Gasteiger partial charge on any atom is -0.445 e. The molecule has 27 heteroatoms. The molecule has 0 bridgehead atoms. The highest BCUT2D eigenvalue weighted by Gasteiger charge is 2.41. The SMILES string of the molecule is CC(C)[C@H](NC(=O)CCCCCN1C(=O)C=CC1=O)C(=O)N[C@@H](CCCNC(N)=O)C(=O)Nc1ccc(COC(=O)N[C@H](CF)CCN(C(=O)N2CCN(S(C)(=O)=O)CC2)[C@@H](c2nc(-c3cc(F)ccc3F)cn2Cc2ccccc2)C(C)(C)C)cc1. The van der Waals surface area contributed by atoms with Crippen LogP contribution in [0.4, 0.5) is 33.2 Å². The van der Waals surface area contributed by atoms with Gasteiger partial charge in [-0.2, -0.15) is 4.31 Å². The number of carbonyl (C=O) groups excluding carboxylic acids is 8. The summed E-state index contributed by atoms with van der Waals surface area (Å²) >= 11 is 0. The van der Waals surface area contributed by atoms with Crippen molar-refractivity contribution < 1.29 is 64.7 Å². The number of ether oxygens (including phenoxy) is 1. The van der Waals surface area contributed by atoms with Crippen LogP contribution in [-0.4, -0.2) is 162 Å². The number of primary amides is 1. The van der Waals surface area contributed by atoms with Crippen LogP contribution >= 0.6 is 0 Å². The van der Waals surface area contributed by atoms with Crippen molar-refractivity contribution in [3.05, 3.63) is 120 Å².